The first-order valence-electron chi connectivity index (χ1n) is 4.31. The predicted octanol–water partition coefficient (Wildman–Crippen LogP) is 2.75. The second-order valence-corrected chi connectivity index (χ2v) is 4.03. The standard InChI is InChI=1S/C10H12BrNO2/c1-6(2)9-7(10(13)14-3)4-5-8(11)12-9/h4-6H,1-3H3. The van der Waals surface area contributed by atoms with Gasteiger partial charge in [0.05, 0.1) is 18.4 Å². The molecule has 0 atom stereocenters. The van der Waals surface area contributed by atoms with E-state index in [1.165, 1.54) is 7.11 Å². The molecule has 0 bridgehead atoms. The fourth-order valence-electron chi connectivity index (χ4n) is 1.17. The van der Waals surface area contributed by atoms with Crippen molar-refractivity contribution in [1.82, 2.24) is 4.98 Å². The maximum atomic E-state index is 11.4. The van der Waals surface area contributed by atoms with Gasteiger partial charge < -0.3 is 4.74 Å². The molecule has 0 saturated carbocycles. The summed E-state index contributed by atoms with van der Waals surface area (Å²) in [5.41, 5.74) is 1.29. The monoisotopic (exact) mass is 257 g/mol. The summed E-state index contributed by atoms with van der Waals surface area (Å²) in [5, 5.41) is 0. The van der Waals surface area contributed by atoms with Crippen LogP contribution in [0.1, 0.15) is 35.8 Å². The minimum absolute atomic E-state index is 0.196. The van der Waals surface area contributed by atoms with E-state index in [1.807, 2.05) is 13.8 Å². The molecule has 1 heterocycles. The molecule has 1 rings (SSSR count). The molecule has 0 unspecified atom stereocenters. The van der Waals surface area contributed by atoms with Gasteiger partial charge in [-0.25, -0.2) is 9.78 Å². The Labute approximate surface area is 91.6 Å². The molecule has 4 heteroatoms. The van der Waals surface area contributed by atoms with E-state index in [4.69, 9.17) is 0 Å². The van der Waals surface area contributed by atoms with Crippen LogP contribution in [0.5, 0.6) is 0 Å². The highest BCUT2D eigenvalue weighted by Gasteiger charge is 2.15. The number of nitrogens with zero attached hydrogens (tertiary/aromatic N) is 1. The minimum atomic E-state index is -0.339. The largest absolute Gasteiger partial charge is 0.465 e. The summed E-state index contributed by atoms with van der Waals surface area (Å²) < 4.78 is 5.40. The van der Waals surface area contributed by atoms with Crippen molar-refractivity contribution in [2.45, 2.75) is 19.8 Å². The van der Waals surface area contributed by atoms with E-state index in [1.54, 1.807) is 12.1 Å². The van der Waals surface area contributed by atoms with Crippen LogP contribution < -0.4 is 0 Å². The summed E-state index contributed by atoms with van der Waals surface area (Å²) in [6.45, 7) is 3.97. The highest BCUT2D eigenvalue weighted by atomic mass is 79.9. The smallest absolute Gasteiger partial charge is 0.339 e. The van der Waals surface area contributed by atoms with Crippen molar-refractivity contribution in [3.8, 4) is 0 Å². The summed E-state index contributed by atoms with van der Waals surface area (Å²) in [4.78, 5) is 15.6. The molecule has 0 saturated heterocycles. The average molecular weight is 258 g/mol. The van der Waals surface area contributed by atoms with Gasteiger partial charge in [-0.3, -0.25) is 0 Å². The van der Waals surface area contributed by atoms with Crippen LogP contribution in [0.25, 0.3) is 0 Å². The molecule has 0 aliphatic rings. The highest BCUT2D eigenvalue weighted by Crippen LogP contribution is 2.20. The van der Waals surface area contributed by atoms with Gasteiger partial charge in [0.1, 0.15) is 4.60 Å². The first kappa shape index (κ1) is 11.2. The highest BCUT2D eigenvalue weighted by molar-refractivity contribution is 9.10. The Kier molecular flexibility index (Phi) is 3.63. The van der Waals surface area contributed by atoms with Crippen molar-refractivity contribution in [1.29, 1.82) is 0 Å². The zero-order valence-corrected chi connectivity index (χ0v) is 9.96. The lowest BCUT2D eigenvalue weighted by Crippen LogP contribution is -2.08. The van der Waals surface area contributed by atoms with Crippen LogP contribution >= 0.6 is 15.9 Å². The molecule has 0 fully saturated rings. The fourth-order valence-corrected chi connectivity index (χ4v) is 1.50. The molecule has 0 amide bonds. The molecule has 0 aliphatic heterocycles. The van der Waals surface area contributed by atoms with E-state index < -0.39 is 0 Å². The number of esters is 1. The third kappa shape index (κ3) is 2.32. The molecule has 3 nitrogen and oxygen atoms in total. The molecule has 0 aliphatic carbocycles. The van der Waals surface area contributed by atoms with Crippen molar-refractivity contribution in [2.24, 2.45) is 0 Å². The predicted molar refractivity (Wildman–Crippen MR) is 57.4 cm³/mol. The van der Waals surface area contributed by atoms with Crippen LogP contribution in [0.2, 0.25) is 0 Å². The van der Waals surface area contributed by atoms with Gasteiger partial charge >= 0.3 is 5.97 Å². The second kappa shape index (κ2) is 4.55. The number of halogens is 1. The quantitative estimate of drug-likeness (QED) is 0.604. The summed E-state index contributed by atoms with van der Waals surface area (Å²) in [7, 11) is 1.37. The number of hydrogen-bond donors (Lipinski definition) is 0. The van der Waals surface area contributed by atoms with Crippen molar-refractivity contribution < 1.29 is 9.53 Å². The Morgan fingerprint density at radius 2 is 2.14 bits per heavy atom. The Bertz CT molecular complexity index is 350. The van der Waals surface area contributed by atoms with Gasteiger partial charge in [-0.2, -0.15) is 0 Å². The van der Waals surface area contributed by atoms with Gasteiger partial charge in [-0.1, -0.05) is 13.8 Å². The minimum Gasteiger partial charge on any atom is -0.465 e. The first-order valence-corrected chi connectivity index (χ1v) is 5.10. The third-order valence-corrected chi connectivity index (χ3v) is 2.28. The summed E-state index contributed by atoms with van der Waals surface area (Å²) in [6.07, 6.45) is 0. The lowest BCUT2D eigenvalue weighted by atomic mass is 10.0. The molecule has 1 aromatic heterocycles. The molecule has 0 N–H and O–H groups in total. The Morgan fingerprint density at radius 1 is 1.50 bits per heavy atom. The van der Waals surface area contributed by atoms with E-state index in [9.17, 15) is 4.79 Å². The topological polar surface area (TPSA) is 39.2 Å². The molecule has 14 heavy (non-hydrogen) atoms. The maximum absolute atomic E-state index is 11.4. The fraction of sp³-hybridized carbons (Fsp3) is 0.400. The van der Waals surface area contributed by atoms with Gasteiger partial charge in [0.15, 0.2) is 0 Å². The Balaban J connectivity index is 3.21. The summed E-state index contributed by atoms with van der Waals surface area (Å²) in [5.74, 6) is -0.143. The van der Waals surface area contributed by atoms with Gasteiger partial charge in [0, 0.05) is 0 Å². The van der Waals surface area contributed by atoms with E-state index in [0.717, 1.165) is 10.3 Å². The lowest BCUT2D eigenvalue weighted by Gasteiger charge is -2.09. The van der Waals surface area contributed by atoms with Gasteiger partial charge in [0.25, 0.3) is 0 Å². The number of aromatic nitrogens is 1. The van der Waals surface area contributed by atoms with Crippen molar-refractivity contribution in [3.05, 3.63) is 28.0 Å². The van der Waals surface area contributed by atoms with Gasteiger partial charge in [-0.05, 0) is 34.0 Å². The Hall–Kier alpha value is -0.900. The van der Waals surface area contributed by atoms with E-state index >= 15 is 0 Å². The summed E-state index contributed by atoms with van der Waals surface area (Å²) >= 11 is 3.27. The van der Waals surface area contributed by atoms with Crippen LogP contribution in [0.15, 0.2) is 16.7 Å². The van der Waals surface area contributed by atoms with Crippen molar-refractivity contribution in [3.63, 3.8) is 0 Å². The molecule has 0 aromatic carbocycles. The zero-order valence-electron chi connectivity index (χ0n) is 8.37. The van der Waals surface area contributed by atoms with Crippen LogP contribution in [0.3, 0.4) is 0 Å². The van der Waals surface area contributed by atoms with Crippen molar-refractivity contribution in [2.75, 3.05) is 7.11 Å². The normalized spacial score (nSPS) is 10.4. The van der Waals surface area contributed by atoms with Gasteiger partial charge in [0.2, 0.25) is 0 Å². The van der Waals surface area contributed by atoms with E-state index in [2.05, 4.69) is 25.7 Å². The number of carbonyl (C=O) groups is 1. The van der Waals surface area contributed by atoms with Gasteiger partial charge in [-0.15, -0.1) is 0 Å². The number of carbonyl (C=O) groups excluding carboxylic acids is 1. The first-order chi connectivity index (χ1) is 6.56. The number of methoxy groups -OCH3 is 1. The molecule has 0 spiro atoms. The Morgan fingerprint density at radius 3 is 2.64 bits per heavy atom. The lowest BCUT2D eigenvalue weighted by molar-refractivity contribution is 0.0598. The van der Waals surface area contributed by atoms with Crippen LogP contribution in [0.4, 0.5) is 0 Å². The SMILES string of the molecule is COC(=O)c1ccc(Br)nc1C(C)C. The molecular formula is C10H12BrNO2. The second-order valence-electron chi connectivity index (χ2n) is 3.21. The average Bonchev–Trinajstić information content (AvgIpc) is 2.16. The molecule has 0 radical (unpaired) electrons. The maximum Gasteiger partial charge on any atom is 0.339 e. The van der Waals surface area contributed by atoms with Crippen LogP contribution in [-0.2, 0) is 4.74 Å². The molecule has 76 valence electrons. The number of ether oxygens (including phenoxy) is 1. The van der Waals surface area contributed by atoms with E-state index in [-0.39, 0.29) is 11.9 Å². The number of pyridine rings is 1. The third-order valence-electron chi connectivity index (χ3n) is 1.84. The van der Waals surface area contributed by atoms with E-state index in [0.29, 0.717) is 5.56 Å². The molecular weight excluding hydrogens is 246 g/mol. The molecule has 1 aromatic rings. The zero-order chi connectivity index (χ0) is 10.7. The van der Waals surface area contributed by atoms with Crippen molar-refractivity contribution >= 4 is 21.9 Å². The number of hydrogen-bond acceptors (Lipinski definition) is 3. The van der Waals surface area contributed by atoms with Crippen LogP contribution in [0, 0.1) is 0 Å². The number of rotatable bonds is 2. The summed E-state index contributed by atoms with van der Waals surface area (Å²) in [6, 6.07) is 3.45. The van der Waals surface area contributed by atoms with Crippen LogP contribution in [-0.4, -0.2) is 18.1 Å².